The van der Waals surface area contributed by atoms with E-state index in [9.17, 15) is 14.7 Å². The summed E-state index contributed by atoms with van der Waals surface area (Å²) in [5.41, 5.74) is 0.202. The van der Waals surface area contributed by atoms with Crippen LogP contribution in [0, 0.1) is 0 Å². The van der Waals surface area contributed by atoms with E-state index < -0.39 is 17.9 Å². The molecule has 0 aliphatic carbocycles. The highest BCUT2D eigenvalue weighted by Gasteiger charge is 2.33. The lowest BCUT2D eigenvalue weighted by Crippen LogP contribution is -2.59. The number of carbonyl (C=O) groups excluding carboxylic acids is 1. The van der Waals surface area contributed by atoms with E-state index in [1.807, 2.05) is 6.92 Å². The highest BCUT2D eigenvalue weighted by atomic mass is 16.5. The van der Waals surface area contributed by atoms with E-state index in [1.54, 1.807) is 30.3 Å². The molecule has 0 radical (unpaired) electrons. The molecule has 6 heteroatoms. The molecule has 0 spiro atoms. The van der Waals surface area contributed by atoms with Crippen molar-refractivity contribution in [2.45, 2.75) is 18.6 Å². The third kappa shape index (κ3) is 3.55. The standard InChI is InChI=1S/C14H18N2O4/c1-14(8-15-9-14)20-7-11(17)16-12(13(18)19)10-5-3-2-4-6-10/h2-6,12,15H,7-9H2,1H3,(H,16,17)(H,18,19)/t12-/m1/s1. The summed E-state index contributed by atoms with van der Waals surface area (Å²) in [5.74, 6) is -1.53. The molecule has 0 aromatic heterocycles. The van der Waals surface area contributed by atoms with Crippen molar-refractivity contribution in [1.29, 1.82) is 0 Å². The topological polar surface area (TPSA) is 87.7 Å². The predicted octanol–water partition coefficient (Wildman–Crippen LogP) is 0.307. The van der Waals surface area contributed by atoms with Crippen molar-refractivity contribution in [2.75, 3.05) is 19.7 Å². The number of rotatable bonds is 6. The van der Waals surface area contributed by atoms with Gasteiger partial charge in [-0.2, -0.15) is 0 Å². The van der Waals surface area contributed by atoms with Crippen molar-refractivity contribution in [3.63, 3.8) is 0 Å². The third-order valence-corrected chi connectivity index (χ3v) is 3.23. The van der Waals surface area contributed by atoms with Crippen LogP contribution in [0.4, 0.5) is 0 Å². The Bertz CT molecular complexity index is 485. The average Bonchev–Trinajstić information content (AvgIpc) is 2.41. The number of amides is 1. The van der Waals surface area contributed by atoms with Crippen molar-refractivity contribution in [3.05, 3.63) is 35.9 Å². The van der Waals surface area contributed by atoms with Gasteiger partial charge in [0.2, 0.25) is 5.91 Å². The Hall–Kier alpha value is -1.92. The molecule has 2 rings (SSSR count). The van der Waals surface area contributed by atoms with Gasteiger partial charge in [0.25, 0.3) is 0 Å². The Morgan fingerprint density at radius 1 is 1.40 bits per heavy atom. The minimum atomic E-state index is -1.10. The van der Waals surface area contributed by atoms with E-state index in [0.717, 1.165) is 0 Å². The van der Waals surface area contributed by atoms with Crippen LogP contribution in [0.2, 0.25) is 0 Å². The average molecular weight is 278 g/mol. The Kier molecular flexibility index (Phi) is 4.36. The zero-order valence-electron chi connectivity index (χ0n) is 11.3. The van der Waals surface area contributed by atoms with Crippen LogP contribution in [0.15, 0.2) is 30.3 Å². The second-order valence-electron chi connectivity index (χ2n) is 5.09. The predicted molar refractivity (Wildman–Crippen MR) is 72.2 cm³/mol. The summed E-state index contributed by atoms with van der Waals surface area (Å²) in [7, 11) is 0. The molecular weight excluding hydrogens is 260 g/mol. The summed E-state index contributed by atoms with van der Waals surface area (Å²) in [6.45, 7) is 3.15. The number of carbonyl (C=O) groups is 2. The van der Waals surface area contributed by atoms with Crippen molar-refractivity contribution in [2.24, 2.45) is 0 Å². The van der Waals surface area contributed by atoms with Crippen molar-refractivity contribution >= 4 is 11.9 Å². The van der Waals surface area contributed by atoms with E-state index in [0.29, 0.717) is 18.7 Å². The maximum Gasteiger partial charge on any atom is 0.330 e. The number of nitrogens with one attached hydrogen (secondary N) is 2. The second-order valence-corrected chi connectivity index (χ2v) is 5.09. The van der Waals surface area contributed by atoms with Gasteiger partial charge in [0.1, 0.15) is 6.61 Å². The van der Waals surface area contributed by atoms with E-state index >= 15 is 0 Å². The third-order valence-electron chi connectivity index (χ3n) is 3.23. The van der Waals surface area contributed by atoms with E-state index in [1.165, 1.54) is 0 Å². The lowest BCUT2D eigenvalue weighted by Gasteiger charge is -2.38. The van der Waals surface area contributed by atoms with Gasteiger partial charge in [-0.25, -0.2) is 4.79 Å². The fourth-order valence-electron chi connectivity index (χ4n) is 1.95. The van der Waals surface area contributed by atoms with Crippen molar-refractivity contribution in [3.8, 4) is 0 Å². The summed E-state index contributed by atoms with van der Waals surface area (Å²) in [6.07, 6.45) is 0. The van der Waals surface area contributed by atoms with Crippen LogP contribution in [0.3, 0.4) is 0 Å². The van der Waals surface area contributed by atoms with Crippen molar-refractivity contribution < 1.29 is 19.4 Å². The highest BCUT2D eigenvalue weighted by molar-refractivity contribution is 5.85. The molecule has 1 atom stereocenters. The summed E-state index contributed by atoms with van der Waals surface area (Å²) in [6, 6.07) is 7.52. The van der Waals surface area contributed by atoms with E-state index in [2.05, 4.69) is 10.6 Å². The Balaban J connectivity index is 1.91. The lowest BCUT2D eigenvalue weighted by molar-refractivity contribution is -0.145. The Labute approximate surface area is 117 Å². The molecule has 1 saturated heterocycles. The minimum absolute atomic E-state index is 0.144. The summed E-state index contributed by atoms with van der Waals surface area (Å²) < 4.78 is 5.48. The molecule has 3 N–H and O–H groups in total. The van der Waals surface area contributed by atoms with Gasteiger partial charge in [-0.1, -0.05) is 30.3 Å². The van der Waals surface area contributed by atoms with Gasteiger partial charge >= 0.3 is 5.97 Å². The zero-order chi connectivity index (χ0) is 14.6. The fourth-order valence-corrected chi connectivity index (χ4v) is 1.95. The van der Waals surface area contributed by atoms with Gasteiger partial charge in [-0.3, -0.25) is 4.79 Å². The minimum Gasteiger partial charge on any atom is -0.479 e. The first kappa shape index (κ1) is 14.5. The molecule has 108 valence electrons. The van der Waals surface area contributed by atoms with Crippen LogP contribution in [-0.2, 0) is 14.3 Å². The van der Waals surface area contributed by atoms with Crippen LogP contribution in [0.25, 0.3) is 0 Å². The quantitative estimate of drug-likeness (QED) is 0.697. The first-order chi connectivity index (χ1) is 9.50. The zero-order valence-corrected chi connectivity index (χ0v) is 11.3. The fraction of sp³-hybridized carbons (Fsp3) is 0.429. The summed E-state index contributed by atoms with van der Waals surface area (Å²) >= 11 is 0. The summed E-state index contributed by atoms with van der Waals surface area (Å²) in [4.78, 5) is 23.0. The molecule has 1 aromatic rings. The van der Waals surface area contributed by atoms with Crippen LogP contribution in [0.1, 0.15) is 18.5 Å². The molecule has 0 unspecified atom stereocenters. The number of hydrogen-bond donors (Lipinski definition) is 3. The van der Waals surface area contributed by atoms with Crippen LogP contribution < -0.4 is 10.6 Å². The molecule has 1 aliphatic rings. The SMILES string of the molecule is CC1(OCC(=O)N[C@@H](C(=O)O)c2ccccc2)CNC1. The monoisotopic (exact) mass is 278 g/mol. The molecule has 1 aliphatic heterocycles. The summed E-state index contributed by atoms with van der Waals surface area (Å²) in [5, 5.41) is 14.7. The number of carboxylic acid groups (broad SMARTS) is 1. The molecule has 0 bridgehead atoms. The highest BCUT2D eigenvalue weighted by Crippen LogP contribution is 2.16. The largest absolute Gasteiger partial charge is 0.479 e. The number of benzene rings is 1. The molecule has 20 heavy (non-hydrogen) atoms. The molecule has 1 amide bonds. The molecule has 6 nitrogen and oxygen atoms in total. The van der Waals surface area contributed by atoms with Gasteiger partial charge in [0.15, 0.2) is 6.04 Å². The number of ether oxygens (including phenoxy) is 1. The van der Waals surface area contributed by atoms with Gasteiger partial charge in [-0.15, -0.1) is 0 Å². The maximum atomic E-state index is 11.8. The van der Waals surface area contributed by atoms with Crippen LogP contribution >= 0.6 is 0 Å². The van der Waals surface area contributed by atoms with Crippen LogP contribution in [0.5, 0.6) is 0 Å². The second kappa shape index (κ2) is 6.02. The molecule has 1 aromatic carbocycles. The smallest absolute Gasteiger partial charge is 0.330 e. The van der Waals surface area contributed by atoms with Gasteiger partial charge in [0, 0.05) is 13.1 Å². The van der Waals surface area contributed by atoms with Crippen molar-refractivity contribution in [1.82, 2.24) is 10.6 Å². The van der Waals surface area contributed by atoms with Gasteiger partial charge < -0.3 is 20.5 Å². The van der Waals surface area contributed by atoms with Gasteiger partial charge in [-0.05, 0) is 12.5 Å². The van der Waals surface area contributed by atoms with E-state index in [-0.39, 0.29) is 12.2 Å². The molecule has 0 saturated carbocycles. The van der Waals surface area contributed by atoms with E-state index in [4.69, 9.17) is 4.74 Å². The van der Waals surface area contributed by atoms with Crippen LogP contribution in [-0.4, -0.2) is 42.3 Å². The maximum absolute atomic E-state index is 11.8. The number of carboxylic acids is 1. The normalized spacial score (nSPS) is 17.9. The number of hydrogen-bond acceptors (Lipinski definition) is 4. The first-order valence-corrected chi connectivity index (χ1v) is 6.42. The Morgan fingerprint density at radius 3 is 2.55 bits per heavy atom. The first-order valence-electron chi connectivity index (χ1n) is 6.42. The lowest BCUT2D eigenvalue weighted by atomic mass is 10.0. The number of aliphatic carboxylic acids is 1. The van der Waals surface area contributed by atoms with Gasteiger partial charge in [0.05, 0.1) is 5.60 Å². The molecule has 1 heterocycles. The molecular formula is C14H18N2O4. The Morgan fingerprint density at radius 2 is 2.05 bits per heavy atom. The molecule has 1 fully saturated rings.